The van der Waals surface area contributed by atoms with Gasteiger partial charge in [-0.25, -0.2) is 0 Å². The standard InChI is InChI=1S/C20H25N3O2/c1-21-11-7-16-9-13-23(14-10-16)20(24)19-15-18(8-12-22-19)25-17-5-3-2-4-6-17/h2-6,8,12,15-16,21H,7,9-11,13-14H2,1H3. The second kappa shape index (κ2) is 8.62. The third-order valence-electron chi connectivity index (χ3n) is 4.63. The van der Waals surface area contributed by atoms with E-state index in [9.17, 15) is 4.79 Å². The highest BCUT2D eigenvalue weighted by atomic mass is 16.5. The number of ether oxygens (including phenoxy) is 1. The van der Waals surface area contributed by atoms with Crippen molar-refractivity contribution in [2.24, 2.45) is 5.92 Å². The van der Waals surface area contributed by atoms with Crippen molar-refractivity contribution in [1.82, 2.24) is 15.2 Å². The first-order valence-corrected chi connectivity index (χ1v) is 8.89. The zero-order chi connectivity index (χ0) is 17.5. The van der Waals surface area contributed by atoms with Gasteiger partial charge in [-0.3, -0.25) is 9.78 Å². The summed E-state index contributed by atoms with van der Waals surface area (Å²) in [5, 5.41) is 3.20. The second-order valence-electron chi connectivity index (χ2n) is 6.42. The number of para-hydroxylation sites is 1. The highest BCUT2D eigenvalue weighted by molar-refractivity contribution is 5.92. The molecule has 0 radical (unpaired) electrons. The van der Waals surface area contributed by atoms with Crippen molar-refractivity contribution in [3.8, 4) is 11.5 Å². The van der Waals surface area contributed by atoms with Crippen molar-refractivity contribution in [2.75, 3.05) is 26.7 Å². The molecule has 3 rings (SSSR count). The fraction of sp³-hybridized carbons (Fsp3) is 0.400. The van der Waals surface area contributed by atoms with Crippen LogP contribution in [0.3, 0.4) is 0 Å². The molecule has 1 amide bonds. The average molecular weight is 339 g/mol. The Morgan fingerprint density at radius 1 is 1.20 bits per heavy atom. The lowest BCUT2D eigenvalue weighted by atomic mass is 9.93. The smallest absolute Gasteiger partial charge is 0.272 e. The maximum Gasteiger partial charge on any atom is 0.272 e. The third kappa shape index (κ3) is 4.79. The van der Waals surface area contributed by atoms with E-state index in [0.717, 1.165) is 38.2 Å². The Kier molecular flexibility index (Phi) is 6.01. The van der Waals surface area contributed by atoms with Crippen LogP contribution in [0.2, 0.25) is 0 Å². The first-order chi connectivity index (χ1) is 12.3. The SMILES string of the molecule is CNCCC1CCN(C(=O)c2cc(Oc3ccccc3)ccn2)CC1. The summed E-state index contributed by atoms with van der Waals surface area (Å²) in [6.07, 6.45) is 4.93. The van der Waals surface area contributed by atoms with Gasteiger partial charge >= 0.3 is 0 Å². The van der Waals surface area contributed by atoms with E-state index in [4.69, 9.17) is 4.74 Å². The van der Waals surface area contributed by atoms with Crippen LogP contribution < -0.4 is 10.1 Å². The monoisotopic (exact) mass is 339 g/mol. The Morgan fingerprint density at radius 2 is 1.96 bits per heavy atom. The van der Waals surface area contributed by atoms with Crippen LogP contribution in [-0.4, -0.2) is 42.5 Å². The van der Waals surface area contributed by atoms with Crippen LogP contribution >= 0.6 is 0 Å². The highest BCUT2D eigenvalue weighted by Gasteiger charge is 2.24. The van der Waals surface area contributed by atoms with E-state index >= 15 is 0 Å². The lowest BCUT2D eigenvalue weighted by molar-refractivity contribution is 0.0681. The quantitative estimate of drug-likeness (QED) is 0.877. The molecule has 1 aromatic heterocycles. The van der Waals surface area contributed by atoms with Crippen molar-refractivity contribution in [2.45, 2.75) is 19.3 Å². The van der Waals surface area contributed by atoms with E-state index in [1.807, 2.05) is 42.3 Å². The molecular formula is C20H25N3O2. The molecule has 0 saturated carbocycles. The first kappa shape index (κ1) is 17.4. The van der Waals surface area contributed by atoms with E-state index in [2.05, 4.69) is 10.3 Å². The van der Waals surface area contributed by atoms with Gasteiger partial charge in [-0.15, -0.1) is 0 Å². The molecule has 0 bridgehead atoms. The van der Waals surface area contributed by atoms with Crippen molar-refractivity contribution in [3.63, 3.8) is 0 Å². The van der Waals surface area contributed by atoms with Gasteiger partial charge in [-0.05, 0) is 57.0 Å². The summed E-state index contributed by atoms with van der Waals surface area (Å²) in [7, 11) is 1.98. The Bertz CT molecular complexity index is 682. The number of likely N-dealkylation sites (tertiary alicyclic amines) is 1. The number of carbonyl (C=O) groups excluding carboxylic acids is 1. The summed E-state index contributed by atoms with van der Waals surface area (Å²) in [5.41, 5.74) is 0.446. The number of carbonyl (C=O) groups is 1. The van der Waals surface area contributed by atoms with E-state index in [0.29, 0.717) is 17.4 Å². The molecule has 2 aromatic rings. The van der Waals surface area contributed by atoms with E-state index in [-0.39, 0.29) is 5.91 Å². The van der Waals surface area contributed by atoms with Gasteiger partial charge in [0.05, 0.1) is 0 Å². The number of pyridine rings is 1. The maximum absolute atomic E-state index is 12.7. The summed E-state index contributed by atoms with van der Waals surface area (Å²) in [6, 6.07) is 13.0. The van der Waals surface area contributed by atoms with Crippen molar-refractivity contribution in [3.05, 3.63) is 54.4 Å². The van der Waals surface area contributed by atoms with Gasteiger partial charge in [0.25, 0.3) is 5.91 Å². The fourth-order valence-electron chi connectivity index (χ4n) is 3.15. The van der Waals surface area contributed by atoms with Crippen LogP contribution in [0.25, 0.3) is 0 Å². The molecule has 1 aromatic carbocycles. The molecule has 0 unspecified atom stereocenters. The zero-order valence-electron chi connectivity index (χ0n) is 14.6. The van der Waals surface area contributed by atoms with Crippen LogP contribution in [0, 0.1) is 5.92 Å². The van der Waals surface area contributed by atoms with Gasteiger partial charge in [0.2, 0.25) is 0 Å². The summed E-state index contributed by atoms with van der Waals surface area (Å²) in [5.74, 6) is 2.08. The van der Waals surface area contributed by atoms with Gasteiger partial charge in [0, 0.05) is 25.4 Å². The molecule has 5 nitrogen and oxygen atoms in total. The van der Waals surface area contributed by atoms with Crippen LogP contribution in [0.15, 0.2) is 48.7 Å². The second-order valence-corrected chi connectivity index (χ2v) is 6.42. The maximum atomic E-state index is 12.7. The molecule has 1 fully saturated rings. The molecule has 0 spiro atoms. The van der Waals surface area contributed by atoms with Gasteiger partial charge in [-0.2, -0.15) is 0 Å². The Morgan fingerprint density at radius 3 is 2.68 bits per heavy atom. The van der Waals surface area contributed by atoms with Gasteiger partial charge in [0.1, 0.15) is 17.2 Å². The van der Waals surface area contributed by atoms with E-state index < -0.39 is 0 Å². The summed E-state index contributed by atoms with van der Waals surface area (Å²) in [6.45, 7) is 2.65. The van der Waals surface area contributed by atoms with E-state index in [1.165, 1.54) is 6.42 Å². The minimum Gasteiger partial charge on any atom is -0.457 e. The normalized spacial score (nSPS) is 15.2. The number of rotatable bonds is 6. The minimum absolute atomic E-state index is 0.00872. The number of benzene rings is 1. The number of piperidine rings is 1. The van der Waals surface area contributed by atoms with Gasteiger partial charge in [-0.1, -0.05) is 18.2 Å². The summed E-state index contributed by atoms with van der Waals surface area (Å²) < 4.78 is 5.80. The molecular weight excluding hydrogens is 314 g/mol. The molecule has 0 aliphatic carbocycles. The lowest BCUT2D eigenvalue weighted by Gasteiger charge is -2.31. The summed E-state index contributed by atoms with van der Waals surface area (Å²) in [4.78, 5) is 18.9. The highest BCUT2D eigenvalue weighted by Crippen LogP contribution is 2.24. The Labute approximate surface area is 149 Å². The average Bonchev–Trinajstić information content (AvgIpc) is 2.67. The molecule has 1 saturated heterocycles. The molecule has 5 heteroatoms. The first-order valence-electron chi connectivity index (χ1n) is 8.89. The zero-order valence-corrected chi connectivity index (χ0v) is 14.6. The van der Waals surface area contributed by atoms with Crippen molar-refractivity contribution in [1.29, 1.82) is 0 Å². The fourth-order valence-corrected chi connectivity index (χ4v) is 3.15. The number of hydrogen-bond acceptors (Lipinski definition) is 4. The number of hydrogen-bond donors (Lipinski definition) is 1. The molecule has 1 aliphatic rings. The molecule has 132 valence electrons. The largest absolute Gasteiger partial charge is 0.457 e. The molecule has 1 aliphatic heterocycles. The van der Waals surface area contributed by atoms with Crippen molar-refractivity contribution >= 4 is 5.91 Å². The third-order valence-corrected chi connectivity index (χ3v) is 4.63. The number of nitrogens with zero attached hydrogens (tertiary/aromatic N) is 2. The van der Waals surface area contributed by atoms with Crippen LogP contribution in [-0.2, 0) is 0 Å². The van der Waals surface area contributed by atoms with Gasteiger partial charge < -0.3 is 15.0 Å². The molecule has 2 heterocycles. The van der Waals surface area contributed by atoms with Gasteiger partial charge in [0.15, 0.2) is 0 Å². The number of amides is 1. The Balaban J connectivity index is 1.60. The molecule has 25 heavy (non-hydrogen) atoms. The summed E-state index contributed by atoms with van der Waals surface area (Å²) >= 11 is 0. The van der Waals surface area contributed by atoms with Crippen molar-refractivity contribution < 1.29 is 9.53 Å². The van der Waals surface area contributed by atoms with Crippen LogP contribution in [0.1, 0.15) is 29.8 Å². The van der Waals surface area contributed by atoms with E-state index in [1.54, 1.807) is 18.3 Å². The topological polar surface area (TPSA) is 54.5 Å². The predicted molar refractivity (Wildman–Crippen MR) is 97.9 cm³/mol. The van der Waals surface area contributed by atoms with Crippen LogP contribution in [0.4, 0.5) is 0 Å². The Hall–Kier alpha value is -2.40. The molecule has 0 atom stereocenters. The number of nitrogens with one attached hydrogen (secondary N) is 1. The minimum atomic E-state index is -0.00872. The van der Waals surface area contributed by atoms with Crippen LogP contribution in [0.5, 0.6) is 11.5 Å². The lowest BCUT2D eigenvalue weighted by Crippen LogP contribution is -2.39. The number of aromatic nitrogens is 1. The molecule has 1 N–H and O–H groups in total. The predicted octanol–water partition coefficient (Wildman–Crippen LogP) is 3.34.